The molecule has 4 heteroatoms. The molecule has 0 aliphatic heterocycles. The van der Waals surface area contributed by atoms with Crippen molar-refractivity contribution in [2.75, 3.05) is 11.4 Å². The number of carbonyl (C=O) groups excluding carboxylic acids is 1. The van der Waals surface area contributed by atoms with E-state index >= 15 is 0 Å². The van der Waals surface area contributed by atoms with Gasteiger partial charge in [0, 0.05) is 17.9 Å². The van der Waals surface area contributed by atoms with Gasteiger partial charge in [-0.1, -0.05) is 32.0 Å². The van der Waals surface area contributed by atoms with Crippen molar-refractivity contribution in [3.63, 3.8) is 0 Å². The predicted molar refractivity (Wildman–Crippen MR) is 88.8 cm³/mol. The van der Waals surface area contributed by atoms with Gasteiger partial charge in [0.05, 0.1) is 0 Å². The Kier molecular flexibility index (Phi) is 7.09. The normalized spacial score (nSPS) is 13.3. The van der Waals surface area contributed by atoms with E-state index in [2.05, 4.69) is 19.9 Å². The highest BCUT2D eigenvalue weighted by Crippen LogP contribution is 2.30. The average Bonchev–Trinajstić information content (AvgIpc) is 2.50. The second-order valence-corrected chi connectivity index (χ2v) is 5.09. The smallest absolute Gasteiger partial charge is 0.214 e. The summed E-state index contributed by atoms with van der Waals surface area (Å²) in [5.74, 6) is 0.225. The van der Waals surface area contributed by atoms with E-state index in [4.69, 9.17) is 11.5 Å². The maximum absolute atomic E-state index is 11.3. The van der Waals surface area contributed by atoms with E-state index in [1.807, 2.05) is 24.3 Å². The average molecular weight is 287 g/mol. The van der Waals surface area contributed by atoms with Gasteiger partial charge < -0.3 is 16.4 Å². The summed E-state index contributed by atoms with van der Waals surface area (Å²) in [5.41, 5.74) is 14.2. The van der Waals surface area contributed by atoms with Crippen LogP contribution in [0.25, 0.3) is 0 Å². The summed E-state index contributed by atoms with van der Waals surface area (Å²) >= 11 is 0. The summed E-state index contributed by atoms with van der Waals surface area (Å²) in [6, 6.07) is 7.98. The number of nitrogens with two attached hydrogens (primary N) is 2. The van der Waals surface area contributed by atoms with Gasteiger partial charge in [-0.3, -0.25) is 4.79 Å². The second kappa shape index (κ2) is 8.84. The van der Waals surface area contributed by atoms with Crippen LogP contribution in [-0.2, 0) is 4.79 Å². The van der Waals surface area contributed by atoms with E-state index in [1.54, 1.807) is 11.0 Å². The first-order valence-corrected chi connectivity index (χ1v) is 7.27. The second-order valence-electron chi connectivity index (χ2n) is 5.09. The number of carbonyl (C=O) groups is 1. The zero-order valence-corrected chi connectivity index (χ0v) is 12.8. The molecule has 0 saturated carbocycles. The van der Waals surface area contributed by atoms with Gasteiger partial charge in [0.25, 0.3) is 0 Å². The quantitative estimate of drug-likeness (QED) is 0.570. The highest BCUT2D eigenvalue weighted by Gasteiger charge is 2.15. The van der Waals surface area contributed by atoms with Crippen LogP contribution in [0.3, 0.4) is 0 Å². The Labute approximate surface area is 127 Å². The summed E-state index contributed by atoms with van der Waals surface area (Å²) in [7, 11) is 0. The highest BCUT2D eigenvalue weighted by molar-refractivity contribution is 5.77. The molecule has 1 aromatic rings. The lowest BCUT2D eigenvalue weighted by Gasteiger charge is -2.23. The summed E-state index contributed by atoms with van der Waals surface area (Å²) in [6.07, 6.45) is 7.53. The molecule has 1 amide bonds. The van der Waals surface area contributed by atoms with E-state index in [1.165, 1.54) is 6.20 Å². The number of hydrogen-bond acceptors (Lipinski definition) is 3. The van der Waals surface area contributed by atoms with Crippen LogP contribution in [0.15, 0.2) is 48.3 Å². The van der Waals surface area contributed by atoms with Crippen molar-refractivity contribution in [3.05, 3.63) is 53.9 Å². The number of nitrogens with zero attached hydrogens (tertiary/aromatic N) is 1. The first kappa shape index (κ1) is 16.8. The zero-order valence-electron chi connectivity index (χ0n) is 12.8. The molecule has 0 fully saturated rings. The van der Waals surface area contributed by atoms with E-state index in [9.17, 15) is 4.79 Å². The van der Waals surface area contributed by atoms with Crippen molar-refractivity contribution in [2.45, 2.75) is 32.6 Å². The van der Waals surface area contributed by atoms with Crippen molar-refractivity contribution in [1.29, 1.82) is 0 Å². The van der Waals surface area contributed by atoms with Gasteiger partial charge in [-0.15, -0.1) is 0 Å². The Bertz CT molecular complexity index is 509. The summed E-state index contributed by atoms with van der Waals surface area (Å²) in [6.45, 7) is 4.89. The van der Waals surface area contributed by atoms with Gasteiger partial charge >= 0.3 is 0 Å². The topological polar surface area (TPSA) is 72.3 Å². The molecular weight excluding hydrogens is 262 g/mol. The number of rotatable bonds is 8. The third-order valence-electron chi connectivity index (χ3n) is 3.33. The molecule has 0 spiro atoms. The summed E-state index contributed by atoms with van der Waals surface area (Å²) in [4.78, 5) is 13.1. The molecule has 0 aliphatic rings. The predicted octanol–water partition coefficient (Wildman–Crippen LogP) is 2.87. The van der Waals surface area contributed by atoms with Crippen LogP contribution in [0.2, 0.25) is 0 Å². The van der Waals surface area contributed by atoms with Crippen LogP contribution in [0.1, 0.15) is 38.2 Å². The summed E-state index contributed by atoms with van der Waals surface area (Å²) in [5, 5.41) is 0. The number of hydrogen-bond donors (Lipinski definition) is 2. The van der Waals surface area contributed by atoms with Gasteiger partial charge in [-0.25, -0.2) is 0 Å². The van der Waals surface area contributed by atoms with Gasteiger partial charge in [0.1, 0.15) is 0 Å². The molecule has 4 nitrogen and oxygen atoms in total. The largest absolute Gasteiger partial charge is 0.405 e. The molecule has 1 atom stereocenters. The number of amides is 1. The minimum absolute atomic E-state index is 0.225. The molecule has 4 N–H and O–H groups in total. The molecule has 0 bridgehead atoms. The first-order chi connectivity index (χ1) is 10.1. The minimum atomic E-state index is 0.225. The van der Waals surface area contributed by atoms with E-state index in [0.717, 1.165) is 36.2 Å². The van der Waals surface area contributed by atoms with Crippen LogP contribution in [0.5, 0.6) is 0 Å². The Morgan fingerprint density at radius 1 is 1.38 bits per heavy atom. The van der Waals surface area contributed by atoms with Crippen molar-refractivity contribution < 1.29 is 4.79 Å². The standard InChI is InChI=1S/C17H25N3O/c1-3-11-20(13-21)17-9-5-4-8-16(17)14(2)12-15(19)7-6-10-18/h4-10,13-14H,3,11-12,18-19H2,1-2H3/b10-6-,15-7-. The maximum atomic E-state index is 11.3. The van der Waals surface area contributed by atoms with Crippen LogP contribution in [-0.4, -0.2) is 13.0 Å². The molecule has 1 rings (SSSR count). The van der Waals surface area contributed by atoms with Gasteiger partial charge in [0.15, 0.2) is 0 Å². The number of allylic oxidation sites excluding steroid dienone is 3. The highest BCUT2D eigenvalue weighted by atomic mass is 16.1. The minimum Gasteiger partial charge on any atom is -0.405 e. The molecule has 1 aromatic carbocycles. The van der Waals surface area contributed by atoms with Crippen molar-refractivity contribution in [1.82, 2.24) is 0 Å². The molecule has 0 aromatic heterocycles. The molecule has 1 unspecified atom stereocenters. The molecule has 0 heterocycles. The summed E-state index contributed by atoms with van der Waals surface area (Å²) < 4.78 is 0. The van der Waals surface area contributed by atoms with Gasteiger partial charge in [0.2, 0.25) is 6.41 Å². The van der Waals surface area contributed by atoms with Gasteiger partial charge in [-0.2, -0.15) is 0 Å². The van der Waals surface area contributed by atoms with Crippen molar-refractivity contribution >= 4 is 12.1 Å². The lowest BCUT2D eigenvalue weighted by molar-refractivity contribution is -0.107. The monoisotopic (exact) mass is 287 g/mol. The fourth-order valence-corrected chi connectivity index (χ4v) is 2.35. The van der Waals surface area contributed by atoms with Crippen LogP contribution in [0.4, 0.5) is 5.69 Å². The third-order valence-corrected chi connectivity index (χ3v) is 3.33. The molecular formula is C17H25N3O. The Morgan fingerprint density at radius 2 is 2.10 bits per heavy atom. The zero-order chi connectivity index (χ0) is 15.7. The SMILES string of the molecule is CCCN(C=O)c1ccccc1C(C)C/C(N)=C/C=C\N. The van der Waals surface area contributed by atoms with E-state index in [0.29, 0.717) is 6.54 Å². The van der Waals surface area contributed by atoms with Gasteiger partial charge in [-0.05, 0) is 48.7 Å². The number of benzene rings is 1. The first-order valence-electron chi connectivity index (χ1n) is 7.27. The number of anilines is 1. The van der Waals surface area contributed by atoms with Crippen LogP contribution in [0, 0.1) is 0 Å². The van der Waals surface area contributed by atoms with Crippen molar-refractivity contribution in [3.8, 4) is 0 Å². The van der Waals surface area contributed by atoms with E-state index < -0.39 is 0 Å². The Hall–Kier alpha value is -2.23. The lowest BCUT2D eigenvalue weighted by Crippen LogP contribution is -2.23. The Balaban J connectivity index is 2.99. The molecule has 21 heavy (non-hydrogen) atoms. The molecule has 0 radical (unpaired) electrons. The molecule has 0 saturated heterocycles. The fraction of sp³-hybridized carbons (Fsp3) is 0.353. The van der Waals surface area contributed by atoms with Crippen LogP contribution >= 0.6 is 0 Å². The van der Waals surface area contributed by atoms with E-state index in [-0.39, 0.29) is 5.92 Å². The van der Waals surface area contributed by atoms with Crippen molar-refractivity contribution in [2.24, 2.45) is 11.5 Å². The fourth-order valence-electron chi connectivity index (χ4n) is 2.35. The Morgan fingerprint density at radius 3 is 2.71 bits per heavy atom. The molecule has 114 valence electrons. The molecule has 0 aliphatic carbocycles. The third kappa shape index (κ3) is 4.99. The lowest BCUT2D eigenvalue weighted by atomic mass is 9.94. The maximum Gasteiger partial charge on any atom is 0.214 e. The van der Waals surface area contributed by atoms with Crippen LogP contribution < -0.4 is 16.4 Å². The number of para-hydroxylation sites is 1.